The van der Waals surface area contributed by atoms with Crippen LogP contribution in [-0.2, 0) is 9.53 Å². The molecule has 1 heterocycles. The maximum Gasteiger partial charge on any atom is 0.242 e. The number of amides is 1. The maximum atomic E-state index is 12.3. The summed E-state index contributed by atoms with van der Waals surface area (Å²) in [5.74, 6) is -0.0655. The van der Waals surface area contributed by atoms with E-state index in [1.54, 1.807) is 7.11 Å². The van der Waals surface area contributed by atoms with Gasteiger partial charge in [0, 0.05) is 18.7 Å². The fourth-order valence-corrected chi connectivity index (χ4v) is 2.82. The van der Waals surface area contributed by atoms with Crippen molar-refractivity contribution in [1.29, 1.82) is 0 Å². The Bertz CT molecular complexity index is 457. The molecule has 1 aromatic carbocycles. The minimum Gasteiger partial charge on any atom is -0.383 e. The zero-order chi connectivity index (χ0) is 13.8. The van der Waals surface area contributed by atoms with Crippen LogP contribution in [0.25, 0.3) is 0 Å². The van der Waals surface area contributed by atoms with Crippen molar-refractivity contribution in [2.45, 2.75) is 24.9 Å². The van der Waals surface area contributed by atoms with Gasteiger partial charge in [-0.15, -0.1) is 12.4 Å². The minimum atomic E-state index is -0.604. The van der Waals surface area contributed by atoms with E-state index in [1.165, 1.54) is 0 Å². The second-order valence-corrected chi connectivity index (χ2v) is 5.18. The first-order valence-electron chi connectivity index (χ1n) is 6.44. The van der Waals surface area contributed by atoms with Gasteiger partial charge in [0.1, 0.15) is 6.04 Å². The molecule has 2 rings (SSSR count). The van der Waals surface area contributed by atoms with Crippen molar-refractivity contribution in [2.24, 2.45) is 5.73 Å². The van der Waals surface area contributed by atoms with Gasteiger partial charge in [0.2, 0.25) is 5.91 Å². The molecule has 2 atom stereocenters. The second kappa shape index (κ2) is 7.84. The second-order valence-electron chi connectivity index (χ2n) is 4.77. The summed E-state index contributed by atoms with van der Waals surface area (Å²) in [5.41, 5.74) is 6.84. The topological polar surface area (TPSA) is 55.6 Å². The lowest BCUT2D eigenvalue weighted by molar-refractivity contribution is -0.134. The average molecular weight is 319 g/mol. The van der Waals surface area contributed by atoms with Crippen LogP contribution in [0.3, 0.4) is 0 Å². The molecular weight excluding hydrogens is 299 g/mol. The number of methoxy groups -OCH3 is 1. The van der Waals surface area contributed by atoms with Gasteiger partial charge in [-0.2, -0.15) is 0 Å². The molecule has 0 aliphatic carbocycles. The van der Waals surface area contributed by atoms with Crippen LogP contribution in [0.1, 0.15) is 24.4 Å². The summed E-state index contributed by atoms with van der Waals surface area (Å²) >= 11 is 6.22. The van der Waals surface area contributed by atoms with Gasteiger partial charge in [-0.1, -0.05) is 29.8 Å². The van der Waals surface area contributed by atoms with Gasteiger partial charge in [0.05, 0.1) is 12.6 Å². The summed E-state index contributed by atoms with van der Waals surface area (Å²) in [4.78, 5) is 14.1. The van der Waals surface area contributed by atoms with Crippen molar-refractivity contribution < 1.29 is 9.53 Å². The van der Waals surface area contributed by atoms with Gasteiger partial charge >= 0.3 is 0 Å². The third-order valence-electron chi connectivity index (χ3n) is 3.46. The summed E-state index contributed by atoms with van der Waals surface area (Å²) in [6, 6.07) is 7.09. The molecule has 1 amide bonds. The number of nitrogens with zero attached hydrogens (tertiary/aromatic N) is 1. The van der Waals surface area contributed by atoms with Gasteiger partial charge in [-0.25, -0.2) is 0 Å². The van der Waals surface area contributed by atoms with E-state index in [9.17, 15) is 4.79 Å². The lowest BCUT2D eigenvalue weighted by Gasteiger charge is -2.28. The van der Waals surface area contributed by atoms with Crippen LogP contribution in [0.4, 0.5) is 0 Å². The summed E-state index contributed by atoms with van der Waals surface area (Å²) < 4.78 is 4.95. The summed E-state index contributed by atoms with van der Waals surface area (Å²) in [6.45, 7) is 0.969. The van der Waals surface area contributed by atoms with Crippen LogP contribution in [0.2, 0.25) is 5.02 Å². The zero-order valence-electron chi connectivity index (χ0n) is 11.4. The number of hydrogen-bond donors (Lipinski definition) is 1. The molecule has 1 aliphatic rings. The van der Waals surface area contributed by atoms with Crippen LogP contribution in [0.5, 0.6) is 0 Å². The Labute approximate surface area is 130 Å². The highest BCUT2D eigenvalue weighted by molar-refractivity contribution is 6.31. The molecule has 2 N–H and O–H groups in total. The fourth-order valence-electron chi connectivity index (χ4n) is 2.56. The Morgan fingerprint density at radius 3 is 2.90 bits per heavy atom. The van der Waals surface area contributed by atoms with Crippen molar-refractivity contribution in [2.75, 3.05) is 20.3 Å². The molecule has 0 bridgehead atoms. The molecule has 0 spiro atoms. The van der Waals surface area contributed by atoms with Crippen LogP contribution in [0.15, 0.2) is 24.3 Å². The third-order valence-corrected chi connectivity index (χ3v) is 3.81. The number of ether oxygens (including phenoxy) is 1. The molecule has 0 aromatic heterocycles. The van der Waals surface area contributed by atoms with E-state index in [0.717, 1.165) is 24.9 Å². The Kier molecular flexibility index (Phi) is 6.76. The lowest BCUT2D eigenvalue weighted by Crippen LogP contribution is -2.45. The number of nitrogens with two attached hydrogens (primary N) is 1. The van der Waals surface area contributed by atoms with Crippen molar-refractivity contribution in [3.8, 4) is 0 Å². The molecule has 112 valence electrons. The van der Waals surface area contributed by atoms with Crippen LogP contribution in [0, 0.1) is 0 Å². The highest BCUT2D eigenvalue weighted by Crippen LogP contribution is 2.35. The molecule has 2 unspecified atom stereocenters. The Hall–Kier alpha value is -0.810. The molecule has 6 heteroatoms. The van der Waals surface area contributed by atoms with E-state index >= 15 is 0 Å². The van der Waals surface area contributed by atoms with Gasteiger partial charge in [0.25, 0.3) is 0 Å². The largest absolute Gasteiger partial charge is 0.383 e. The van der Waals surface area contributed by atoms with Crippen molar-refractivity contribution in [1.82, 2.24) is 4.90 Å². The first kappa shape index (κ1) is 17.2. The van der Waals surface area contributed by atoms with Gasteiger partial charge in [-0.05, 0) is 24.5 Å². The quantitative estimate of drug-likeness (QED) is 0.927. The summed E-state index contributed by atoms with van der Waals surface area (Å²) in [5, 5.41) is 0.701. The van der Waals surface area contributed by atoms with Crippen LogP contribution < -0.4 is 5.73 Å². The fraction of sp³-hybridized carbons (Fsp3) is 0.500. The van der Waals surface area contributed by atoms with Gasteiger partial charge < -0.3 is 15.4 Å². The molecule has 0 radical (unpaired) electrons. The molecule has 20 heavy (non-hydrogen) atoms. The van der Waals surface area contributed by atoms with E-state index in [2.05, 4.69) is 0 Å². The molecule has 4 nitrogen and oxygen atoms in total. The summed E-state index contributed by atoms with van der Waals surface area (Å²) in [7, 11) is 1.54. The number of likely N-dealkylation sites (tertiary alicyclic amines) is 1. The lowest BCUT2D eigenvalue weighted by atomic mass is 10.0. The zero-order valence-corrected chi connectivity index (χ0v) is 13.0. The van der Waals surface area contributed by atoms with Gasteiger partial charge in [0.15, 0.2) is 0 Å². The number of carbonyl (C=O) groups excluding carboxylic acids is 1. The molecule has 1 aromatic rings. The van der Waals surface area contributed by atoms with Crippen molar-refractivity contribution >= 4 is 29.9 Å². The van der Waals surface area contributed by atoms with Gasteiger partial charge in [-0.3, -0.25) is 4.79 Å². The average Bonchev–Trinajstić information content (AvgIpc) is 2.87. The smallest absolute Gasteiger partial charge is 0.242 e. The highest BCUT2D eigenvalue weighted by atomic mass is 35.5. The standard InChI is InChI=1S/C14H19ClN2O2.ClH/c1-19-9-12(16)14(18)17-8-4-7-13(17)10-5-2-3-6-11(10)15;/h2-3,5-6,12-13H,4,7-9,16H2,1H3;1H. The molecule has 1 fully saturated rings. The maximum absolute atomic E-state index is 12.3. The molecule has 0 saturated carbocycles. The van der Waals surface area contributed by atoms with Crippen molar-refractivity contribution in [3.63, 3.8) is 0 Å². The third kappa shape index (κ3) is 3.64. The Balaban J connectivity index is 0.00000200. The Morgan fingerprint density at radius 2 is 2.25 bits per heavy atom. The number of carbonyl (C=O) groups is 1. The Morgan fingerprint density at radius 1 is 1.55 bits per heavy atom. The first-order chi connectivity index (χ1) is 9.15. The van der Waals surface area contributed by atoms with E-state index in [1.807, 2.05) is 29.2 Å². The highest BCUT2D eigenvalue weighted by Gasteiger charge is 2.33. The predicted molar refractivity (Wildman–Crippen MR) is 82.2 cm³/mol. The minimum absolute atomic E-state index is 0. The molecule has 1 saturated heterocycles. The summed E-state index contributed by atoms with van der Waals surface area (Å²) in [6.07, 6.45) is 1.90. The number of halogens is 2. The predicted octanol–water partition coefficient (Wildman–Crippen LogP) is 2.40. The van der Waals surface area contributed by atoms with Crippen LogP contribution in [-0.4, -0.2) is 37.1 Å². The SMILES string of the molecule is COCC(N)C(=O)N1CCCC1c1ccccc1Cl.Cl. The normalized spacial score (nSPS) is 19.6. The van der Waals surface area contributed by atoms with E-state index in [4.69, 9.17) is 22.1 Å². The number of hydrogen-bond acceptors (Lipinski definition) is 3. The van der Waals surface area contributed by atoms with E-state index in [-0.39, 0.29) is 31.0 Å². The van der Waals surface area contributed by atoms with E-state index < -0.39 is 6.04 Å². The van der Waals surface area contributed by atoms with Crippen molar-refractivity contribution in [3.05, 3.63) is 34.9 Å². The number of benzene rings is 1. The molecule has 1 aliphatic heterocycles. The monoisotopic (exact) mass is 318 g/mol. The molecular formula is C14H20Cl2N2O2. The first-order valence-corrected chi connectivity index (χ1v) is 6.82. The number of rotatable bonds is 4. The van der Waals surface area contributed by atoms with Crippen LogP contribution >= 0.6 is 24.0 Å². The van der Waals surface area contributed by atoms with E-state index in [0.29, 0.717) is 5.02 Å².